The van der Waals surface area contributed by atoms with E-state index in [0.717, 1.165) is 23.7 Å². The number of nitrogens with one attached hydrogen (secondary N) is 1. The number of rotatable bonds is 2. The van der Waals surface area contributed by atoms with Gasteiger partial charge in [0.25, 0.3) is 5.91 Å². The van der Waals surface area contributed by atoms with E-state index < -0.39 is 0 Å². The summed E-state index contributed by atoms with van der Waals surface area (Å²) in [5.74, 6) is -0.0324. The Morgan fingerprint density at radius 1 is 1.24 bits per heavy atom. The van der Waals surface area contributed by atoms with Gasteiger partial charge in [-0.1, -0.05) is 28.8 Å². The van der Waals surface area contributed by atoms with Crippen molar-refractivity contribution in [3.8, 4) is 0 Å². The van der Waals surface area contributed by atoms with Crippen molar-refractivity contribution in [3.05, 3.63) is 34.3 Å². The van der Waals surface area contributed by atoms with Gasteiger partial charge in [-0.15, -0.1) is 11.6 Å². The predicted octanol–water partition coefficient (Wildman–Crippen LogP) is 3.73. The molecule has 0 spiro atoms. The van der Waals surface area contributed by atoms with Crippen LogP contribution in [0.15, 0.2) is 28.7 Å². The normalized spacial score (nSPS) is 24.4. The summed E-state index contributed by atoms with van der Waals surface area (Å²) in [4.78, 5) is 12.0. The van der Waals surface area contributed by atoms with Crippen LogP contribution in [0.1, 0.15) is 36.0 Å². The number of hydrogen-bond donors (Lipinski definition) is 1. The molecule has 4 heteroatoms. The van der Waals surface area contributed by atoms with Crippen LogP contribution in [0.4, 0.5) is 0 Å². The number of amides is 1. The minimum atomic E-state index is -0.0324. The Hall–Kier alpha value is -0.540. The van der Waals surface area contributed by atoms with Gasteiger partial charge in [-0.3, -0.25) is 4.79 Å². The molecule has 1 fully saturated rings. The lowest BCUT2D eigenvalue weighted by Gasteiger charge is -2.27. The van der Waals surface area contributed by atoms with Crippen LogP contribution in [0.3, 0.4) is 0 Å². The first-order chi connectivity index (χ1) is 8.16. The third-order valence-electron chi connectivity index (χ3n) is 3.10. The van der Waals surface area contributed by atoms with E-state index in [1.807, 2.05) is 24.3 Å². The molecule has 1 N–H and O–H groups in total. The van der Waals surface area contributed by atoms with Gasteiger partial charge < -0.3 is 5.32 Å². The first-order valence-corrected chi connectivity index (χ1v) is 7.10. The molecular formula is C13H15BrClNO. The lowest BCUT2D eigenvalue weighted by Crippen LogP contribution is -2.42. The van der Waals surface area contributed by atoms with Crippen LogP contribution in [0.2, 0.25) is 0 Å². The topological polar surface area (TPSA) is 29.1 Å². The maximum Gasteiger partial charge on any atom is 0.251 e. The van der Waals surface area contributed by atoms with Crippen molar-refractivity contribution in [1.29, 1.82) is 0 Å². The van der Waals surface area contributed by atoms with E-state index in [0.29, 0.717) is 5.56 Å². The third-order valence-corrected chi connectivity index (χ3v) is 4.16. The van der Waals surface area contributed by atoms with Gasteiger partial charge >= 0.3 is 0 Å². The van der Waals surface area contributed by atoms with Crippen LogP contribution in [0.5, 0.6) is 0 Å². The molecule has 1 aromatic carbocycles. The molecule has 0 radical (unpaired) electrons. The highest BCUT2D eigenvalue weighted by atomic mass is 79.9. The lowest BCUT2D eigenvalue weighted by molar-refractivity contribution is 0.0928. The van der Waals surface area contributed by atoms with Crippen molar-refractivity contribution in [2.45, 2.75) is 37.1 Å². The Morgan fingerprint density at radius 3 is 2.53 bits per heavy atom. The van der Waals surface area contributed by atoms with Gasteiger partial charge in [0, 0.05) is 16.1 Å². The number of halogens is 2. The Balaban J connectivity index is 1.98. The fourth-order valence-corrected chi connectivity index (χ4v) is 2.71. The van der Waals surface area contributed by atoms with Gasteiger partial charge in [0.05, 0.1) is 5.38 Å². The van der Waals surface area contributed by atoms with Crippen molar-refractivity contribution in [2.75, 3.05) is 0 Å². The van der Waals surface area contributed by atoms with E-state index in [1.165, 1.54) is 6.42 Å². The molecule has 1 aromatic rings. The average molecular weight is 317 g/mol. The van der Waals surface area contributed by atoms with Crippen LogP contribution in [0, 0.1) is 0 Å². The maximum atomic E-state index is 12.0. The molecule has 17 heavy (non-hydrogen) atoms. The Bertz CT molecular complexity index is 393. The fraction of sp³-hybridized carbons (Fsp3) is 0.462. The van der Waals surface area contributed by atoms with Crippen LogP contribution in [-0.4, -0.2) is 17.3 Å². The quantitative estimate of drug-likeness (QED) is 0.828. The molecule has 0 aromatic heterocycles. The SMILES string of the molecule is O=C(NC1CCCCC1Cl)c1ccc(Br)cc1. The van der Waals surface area contributed by atoms with Gasteiger partial charge in [-0.2, -0.15) is 0 Å². The highest BCUT2D eigenvalue weighted by Gasteiger charge is 2.24. The molecule has 0 aliphatic heterocycles. The second-order valence-corrected chi connectivity index (χ2v) is 5.86. The van der Waals surface area contributed by atoms with Gasteiger partial charge in [0.15, 0.2) is 0 Å². The third kappa shape index (κ3) is 3.46. The van der Waals surface area contributed by atoms with E-state index >= 15 is 0 Å². The van der Waals surface area contributed by atoms with Gasteiger partial charge in [-0.25, -0.2) is 0 Å². The van der Waals surface area contributed by atoms with Crippen molar-refractivity contribution >= 4 is 33.4 Å². The first-order valence-electron chi connectivity index (χ1n) is 5.87. The molecule has 0 saturated heterocycles. The zero-order valence-electron chi connectivity index (χ0n) is 9.46. The predicted molar refractivity (Wildman–Crippen MR) is 73.5 cm³/mol. The molecule has 0 bridgehead atoms. The summed E-state index contributed by atoms with van der Waals surface area (Å²) < 4.78 is 0.974. The largest absolute Gasteiger partial charge is 0.348 e. The number of hydrogen-bond acceptors (Lipinski definition) is 1. The summed E-state index contributed by atoms with van der Waals surface area (Å²) in [5.41, 5.74) is 0.683. The first kappa shape index (κ1) is 12.9. The zero-order chi connectivity index (χ0) is 12.3. The van der Waals surface area contributed by atoms with Crippen LogP contribution in [0.25, 0.3) is 0 Å². The molecule has 2 rings (SSSR count). The summed E-state index contributed by atoms with van der Waals surface area (Å²) in [6, 6.07) is 7.47. The average Bonchev–Trinajstić information content (AvgIpc) is 2.33. The summed E-state index contributed by atoms with van der Waals surface area (Å²) >= 11 is 9.57. The molecular weight excluding hydrogens is 302 g/mol. The standard InChI is InChI=1S/C13H15BrClNO/c14-10-7-5-9(6-8-10)13(17)16-12-4-2-1-3-11(12)15/h5-8,11-12H,1-4H2,(H,16,17). The van der Waals surface area contributed by atoms with Crippen LogP contribution < -0.4 is 5.32 Å². The van der Waals surface area contributed by atoms with E-state index in [1.54, 1.807) is 0 Å². The molecule has 1 saturated carbocycles. The van der Waals surface area contributed by atoms with Gasteiger partial charge in [0.2, 0.25) is 0 Å². The molecule has 2 unspecified atom stereocenters. The fourth-order valence-electron chi connectivity index (χ4n) is 2.10. The molecule has 2 atom stereocenters. The Kier molecular flexibility index (Phi) is 4.46. The smallest absolute Gasteiger partial charge is 0.251 e. The lowest BCUT2D eigenvalue weighted by atomic mass is 9.94. The monoisotopic (exact) mass is 315 g/mol. The number of benzene rings is 1. The molecule has 0 heterocycles. The van der Waals surface area contributed by atoms with Crippen molar-refractivity contribution in [1.82, 2.24) is 5.32 Å². The number of carbonyl (C=O) groups excluding carboxylic acids is 1. The summed E-state index contributed by atoms with van der Waals surface area (Å²) in [5, 5.41) is 3.09. The van der Waals surface area contributed by atoms with Gasteiger partial charge in [-0.05, 0) is 37.1 Å². The van der Waals surface area contributed by atoms with Crippen molar-refractivity contribution < 1.29 is 4.79 Å². The second-order valence-electron chi connectivity index (χ2n) is 4.39. The van der Waals surface area contributed by atoms with Crippen molar-refractivity contribution in [3.63, 3.8) is 0 Å². The van der Waals surface area contributed by atoms with Crippen molar-refractivity contribution in [2.24, 2.45) is 0 Å². The summed E-state index contributed by atoms with van der Waals surface area (Å²) in [6.45, 7) is 0. The van der Waals surface area contributed by atoms with E-state index in [9.17, 15) is 4.79 Å². The molecule has 1 amide bonds. The molecule has 1 aliphatic carbocycles. The highest BCUT2D eigenvalue weighted by molar-refractivity contribution is 9.10. The van der Waals surface area contributed by atoms with Gasteiger partial charge in [0.1, 0.15) is 0 Å². The Morgan fingerprint density at radius 2 is 1.88 bits per heavy atom. The van der Waals surface area contributed by atoms with E-state index in [-0.39, 0.29) is 17.3 Å². The second kappa shape index (κ2) is 5.87. The summed E-state index contributed by atoms with van der Waals surface area (Å²) in [7, 11) is 0. The van der Waals surface area contributed by atoms with E-state index in [4.69, 9.17) is 11.6 Å². The summed E-state index contributed by atoms with van der Waals surface area (Å²) in [6.07, 6.45) is 4.29. The number of alkyl halides is 1. The number of carbonyl (C=O) groups is 1. The molecule has 2 nitrogen and oxygen atoms in total. The van der Waals surface area contributed by atoms with Crippen LogP contribution >= 0.6 is 27.5 Å². The molecule has 1 aliphatic rings. The Labute approximate surface area is 115 Å². The van der Waals surface area contributed by atoms with Crippen LogP contribution in [-0.2, 0) is 0 Å². The maximum absolute atomic E-state index is 12.0. The molecule has 92 valence electrons. The minimum Gasteiger partial charge on any atom is -0.348 e. The van der Waals surface area contributed by atoms with E-state index in [2.05, 4.69) is 21.2 Å². The highest BCUT2D eigenvalue weighted by Crippen LogP contribution is 2.23. The minimum absolute atomic E-state index is 0.0324. The zero-order valence-corrected chi connectivity index (χ0v) is 11.8.